The summed E-state index contributed by atoms with van der Waals surface area (Å²) in [6, 6.07) is 0. The van der Waals surface area contributed by atoms with E-state index in [0.717, 1.165) is 18.1 Å². The maximum absolute atomic E-state index is 12.2. The van der Waals surface area contributed by atoms with Gasteiger partial charge in [-0.15, -0.1) is 11.3 Å². The lowest BCUT2D eigenvalue weighted by atomic mass is 10.0. The Hall–Kier alpha value is -1.56. The first-order chi connectivity index (χ1) is 9.90. The highest BCUT2D eigenvalue weighted by molar-refractivity contribution is 7.19. The zero-order chi connectivity index (χ0) is 15.7. The largest absolute Gasteiger partial charge is 0.397 e. The molecule has 1 fully saturated rings. The summed E-state index contributed by atoms with van der Waals surface area (Å²) in [5.41, 5.74) is 6.88. The molecule has 0 spiro atoms. The molecule has 6 heteroatoms. The second-order valence-corrected chi connectivity index (χ2v) is 6.74. The van der Waals surface area contributed by atoms with E-state index in [1.54, 1.807) is 14.0 Å². The molecular weight excluding hydrogens is 286 g/mol. The molecule has 21 heavy (non-hydrogen) atoms. The quantitative estimate of drug-likeness (QED) is 0.837. The second-order valence-electron chi connectivity index (χ2n) is 5.74. The molecule has 2 rings (SSSR count). The van der Waals surface area contributed by atoms with E-state index in [4.69, 9.17) is 5.73 Å². The zero-order valence-corrected chi connectivity index (χ0v) is 13.8. The molecule has 1 saturated heterocycles. The number of nitrogens with one attached hydrogen (secondary N) is 1. The van der Waals surface area contributed by atoms with E-state index in [1.165, 1.54) is 11.3 Å². The molecule has 0 aromatic carbocycles. The van der Waals surface area contributed by atoms with Crippen LogP contribution in [-0.4, -0.2) is 31.8 Å². The SMILES string of the molecule is CCC(=O)c1sc(N2CC(C)C(C)C2)c(C(=O)NC)c1N. The number of rotatable bonds is 4. The number of amides is 1. The van der Waals surface area contributed by atoms with Crippen molar-refractivity contribution < 1.29 is 9.59 Å². The van der Waals surface area contributed by atoms with Gasteiger partial charge in [0.1, 0.15) is 5.00 Å². The highest BCUT2D eigenvalue weighted by atomic mass is 32.1. The monoisotopic (exact) mass is 309 g/mol. The van der Waals surface area contributed by atoms with E-state index in [-0.39, 0.29) is 11.7 Å². The standard InChI is InChI=1S/C15H23N3O2S/c1-5-10(19)13-12(16)11(14(20)17-4)15(21-13)18-6-8(2)9(3)7-18/h8-9H,5-7,16H2,1-4H3,(H,17,20). The molecule has 2 atom stereocenters. The predicted molar refractivity (Wildman–Crippen MR) is 87.3 cm³/mol. The van der Waals surface area contributed by atoms with Crippen molar-refractivity contribution in [3.63, 3.8) is 0 Å². The van der Waals surface area contributed by atoms with E-state index in [9.17, 15) is 9.59 Å². The Kier molecular flexibility index (Phi) is 4.56. The molecule has 1 aliphatic rings. The summed E-state index contributed by atoms with van der Waals surface area (Å²) >= 11 is 1.35. The molecular formula is C15H23N3O2S. The molecule has 2 heterocycles. The number of carbonyl (C=O) groups is 2. The lowest BCUT2D eigenvalue weighted by Gasteiger charge is -2.18. The number of thiophene rings is 1. The van der Waals surface area contributed by atoms with Crippen molar-refractivity contribution in [1.82, 2.24) is 5.32 Å². The summed E-state index contributed by atoms with van der Waals surface area (Å²) in [6.07, 6.45) is 0.393. The summed E-state index contributed by atoms with van der Waals surface area (Å²) in [7, 11) is 1.58. The van der Waals surface area contributed by atoms with Crippen molar-refractivity contribution >= 4 is 33.7 Å². The average molecular weight is 309 g/mol. The van der Waals surface area contributed by atoms with Crippen LogP contribution in [-0.2, 0) is 0 Å². The summed E-state index contributed by atoms with van der Waals surface area (Å²) in [4.78, 5) is 26.9. The fourth-order valence-corrected chi connectivity index (χ4v) is 3.91. The highest BCUT2D eigenvalue weighted by Gasteiger charge is 2.33. The third kappa shape index (κ3) is 2.77. The van der Waals surface area contributed by atoms with Crippen LogP contribution in [0.3, 0.4) is 0 Å². The minimum Gasteiger partial charge on any atom is -0.397 e. The van der Waals surface area contributed by atoms with Crippen LogP contribution < -0.4 is 16.0 Å². The first kappa shape index (κ1) is 15.8. The number of anilines is 2. The number of hydrogen-bond donors (Lipinski definition) is 2. The van der Waals surface area contributed by atoms with E-state index >= 15 is 0 Å². The Morgan fingerprint density at radius 1 is 1.33 bits per heavy atom. The third-order valence-electron chi connectivity index (χ3n) is 4.23. The van der Waals surface area contributed by atoms with E-state index in [0.29, 0.717) is 34.4 Å². The summed E-state index contributed by atoms with van der Waals surface area (Å²) in [5, 5.41) is 3.46. The lowest BCUT2D eigenvalue weighted by molar-refractivity contribution is 0.0964. The number of Topliss-reactive ketones (excluding diaryl/α,β-unsaturated/α-hetero) is 1. The van der Waals surface area contributed by atoms with Crippen LogP contribution in [0.5, 0.6) is 0 Å². The first-order valence-corrected chi connectivity index (χ1v) is 8.14. The van der Waals surface area contributed by atoms with Crippen molar-refractivity contribution in [2.45, 2.75) is 27.2 Å². The molecule has 0 bridgehead atoms. The van der Waals surface area contributed by atoms with Crippen molar-refractivity contribution in [2.24, 2.45) is 11.8 Å². The van der Waals surface area contributed by atoms with Gasteiger partial charge in [-0.2, -0.15) is 0 Å². The van der Waals surface area contributed by atoms with E-state index in [1.807, 2.05) is 0 Å². The maximum atomic E-state index is 12.2. The average Bonchev–Trinajstić information content (AvgIpc) is 2.98. The van der Waals surface area contributed by atoms with Crippen LogP contribution in [0, 0.1) is 11.8 Å². The van der Waals surface area contributed by atoms with Gasteiger partial charge < -0.3 is 16.0 Å². The van der Waals surface area contributed by atoms with Gasteiger partial charge in [0.2, 0.25) is 0 Å². The minimum atomic E-state index is -0.221. The smallest absolute Gasteiger partial charge is 0.256 e. The van der Waals surface area contributed by atoms with Crippen molar-refractivity contribution in [1.29, 1.82) is 0 Å². The van der Waals surface area contributed by atoms with Crippen molar-refractivity contribution in [3.05, 3.63) is 10.4 Å². The lowest BCUT2D eigenvalue weighted by Crippen LogP contribution is -2.25. The van der Waals surface area contributed by atoms with Crippen molar-refractivity contribution in [3.8, 4) is 0 Å². The van der Waals surface area contributed by atoms with Gasteiger partial charge in [-0.25, -0.2) is 0 Å². The summed E-state index contributed by atoms with van der Waals surface area (Å²) < 4.78 is 0. The zero-order valence-electron chi connectivity index (χ0n) is 13.0. The summed E-state index contributed by atoms with van der Waals surface area (Å²) in [5.74, 6) is 0.905. The van der Waals surface area contributed by atoms with Gasteiger partial charge in [-0.1, -0.05) is 20.8 Å². The Labute approximate surface area is 129 Å². The molecule has 0 saturated carbocycles. The van der Waals surface area contributed by atoms with Gasteiger partial charge in [0, 0.05) is 26.6 Å². The maximum Gasteiger partial charge on any atom is 0.256 e. The minimum absolute atomic E-state index is 0.00537. The van der Waals surface area contributed by atoms with E-state index in [2.05, 4.69) is 24.1 Å². The van der Waals surface area contributed by atoms with Crippen LogP contribution >= 0.6 is 11.3 Å². The molecule has 1 amide bonds. The third-order valence-corrected chi connectivity index (χ3v) is 5.54. The Morgan fingerprint density at radius 2 is 1.90 bits per heavy atom. The van der Waals surface area contributed by atoms with Gasteiger partial charge in [0.15, 0.2) is 5.78 Å². The molecule has 1 aromatic heterocycles. The van der Waals surface area contributed by atoms with Crippen LogP contribution in [0.2, 0.25) is 0 Å². The second kappa shape index (κ2) is 6.05. The molecule has 0 aliphatic carbocycles. The molecule has 116 valence electrons. The molecule has 0 radical (unpaired) electrons. The van der Waals surface area contributed by atoms with Gasteiger partial charge in [-0.3, -0.25) is 9.59 Å². The van der Waals surface area contributed by atoms with Gasteiger partial charge in [0.25, 0.3) is 5.91 Å². The van der Waals surface area contributed by atoms with E-state index < -0.39 is 0 Å². The number of nitrogen functional groups attached to an aromatic ring is 1. The topological polar surface area (TPSA) is 75.4 Å². The first-order valence-electron chi connectivity index (χ1n) is 7.33. The predicted octanol–water partition coefficient (Wildman–Crippen LogP) is 2.37. The molecule has 3 N–H and O–H groups in total. The Bertz CT molecular complexity index is 558. The Morgan fingerprint density at radius 3 is 2.38 bits per heavy atom. The number of nitrogens with zero attached hydrogens (tertiary/aromatic N) is 1. The van der Waals surface area contributed by atoms with Gasteiger partial charge in [-0.05, 0) is 11.8 Å². The fraction of sp³-hybridized carbons (Fsp3) is 0.600. The molecule has 1 aliphatic heterocycles. The number of ketones is 1. The van der Waals surface area contributed by atoms with Gasteiger partial charge in [0.05, 0.1) is 16.1 Å². The molecule has 1 aromatic rings. The van der Waals surface area contributed by atoms with Crippen LogP contribution in [0.25, 0.3) is 0 Å². The van der Waals surface area contributed by atoms with Gasteiger partial charge >= 0.3 is 0 Å². The van der Waals surface area contributed by atoms with Crippen LogP contribution in [0.15, 0.2) is 0 Å². The number of nitrogens with two attached hydrogens (primary N) is 1. The fourth-order valence-electron chi connectivity index (χ4n) is 2.66. The molecule has 5 nitrogen and oxygen atoms in total. The normalized spacial score (nSPS) is 21.6. The van der Waals surface area contributed by atoms with Crippen LogP contribution in [0.1, 0.15) is 47.2 Å². The summed E-state index contributed by atoms with van der Waals surface area (Å²) in [6.45, 7) is 8.01. The van der Waals surface area contributed by atoms with Crippen molar-refractivity contribution in [2.75, 3.05) is 30.8 Å². The molecule has 2 unspecified atom stereocenters. The van der Waals surface area contributed by atoms with Crippen LogP contribution in [0.4, 0.5) is 10.7 Å². The number of hydrogen-bond acceptors (Lipinski definition) is 5. The Balaban J connectivity index is 2.49. The highest BCUT2D eigenvalue weighted by Crippen LogP contribution is 2.41. The number of carbonyl (C=O) groups excluding carboxylic acids is 2.